The lowest BCUT2D eigenvalue weighted by atomic mass is 10.2. The lowest BCUT2D eigenvalue weighted by molar-refractivity contribution is -0.883. The van der Waals surface area contributed by atoms with Crippen molar-refractivity contribution in [1.82, 2.24) is 4.90 Å². The maximum Gasteiger partial charge on any atom is 0.140 e. The fourth-order valence-electron chi connectivity index (χ4n) is 3.66. The number of benzene rings is 2. The number of quaternary nitrogens is 1. The molecule has 7 heteroatoms. The topological polar surface area (TPSA) is 72.2 Å². The molecule has 160 valence electrons. The molecule has 0 bridgehead atoms. The van der Waals surface area contributed by atoms with E-state index in [2.05, 4.69) is 54.5 Å². The zero-order chi connectivity index (χ0) is 21.8. The number of amidine groups is 1. The number of hydrogen-bond donors (Lipinski definition) is 2. The van der Waals surface area contributed by atoms with Crippen molar-refractivity contribution in [2.45, 2.75) is 6.92 Å². The molecule has 3 heterocycles. The van der Waals surface area contributed by atoms with Crippen LogP contribution < -0.4 is 15.3 Å². The lowest BCUT2D eigenvalue weighted by Gasteiger charge is -2.32. The van der Waals surface area contributed by atoms with Gasteiger partial charge in [-0.25, -0.2) is 4.99 Å². The molecule has 0 spiro atoms. The number of aromatic carboxylic acids is 1. The monoisotopic (exact) mass is 434 g/mol. The van der Waals surface area contributed by atoms with Gasteiger partial charge in [-0.15, -0.1) is 11.3 Å². The average Bonchev–Trinajstić information content (AvgIpc) is 3.07. The summed E-state index contributed by atoms with van der Waals surface area (Å²) in [5, 5.41) is 14.9. The van der Waals surface area contributed by atoms with Gasteiger partial charge in [-0.3, -0.25) is 0 Å². The Morgan fingerprint density at radius 2 is 1.77 bits per heavy atom. The molecule has 0 unspecified atom stereocenters. The van der Waals surface area contributed by atoms with Gasteiger partial charge in [0.15, 0.2) is 0 Å². The molecule has 6 nitrogen and oxygen atoms in total. The standard InChI is InChI=1S/C17H20N4S.C7H6O2/c1-12-11-13-16(21-9-7-20(2)8-10-21)18-14-5-3-4-6-15(14)19-17(13)22-12;8-7(9)6-4-2-1-3-5-6/h3-6,11,19H,7-10H2,1-2H3;1-5H,(H,8,9). The molecule has 1 aromatic heterocycles. The second-order valence-electron chi connectivity index (χ2n) is 7.78. The molecule has 5 rings (SSSR count). The SMILES string of the molecule is Cc1cc2c(s1)Nc1ccccc1N=C2N1CC[NH+](C)CC1.O=C([O-])c1ccccc1. The Balaban J connectivity index is 0.000000217. The Hall–Kier alpha value is -3.16. The average molecular weight is 435 g/mol. The number of fused-ring (bicyclic) bond motifs is 2. The molecular weight excluding hydrogens is 408 g/mol. The van der Waals surface area contributed by atoms with E-state index in [0.717, 1.165) is 30.3 Å². The number of hydrogen-bond acceptors (Lipinski definition) is 6. The van der Waals surface area contributed by atoms with E-state index in [0.29, 0.717) is 0 Å². The quantitative estimate of drug-likeness (QED) is 0.615. The van der Waals surface area contributed by atoms with E-state index in [1.807, 2.05) is 11.3 Å². The van der Waals surface area contributed by atoms with Crippen molar-refractivity contribution in [2.24, 2.45) is 4.99 Å². The highest BCUT2D eigenvalue weighted by molar-refractivity contribution is 7.16. The Kier molecular flexibility index (Phi) is 6.34. The lowest BCUT2D eigenvalue weighted by Crippen LogP contribution is -3.12. The van der Waals surface area contributed by atoms with E-state index >= 15 is 0 Å². The van der Waals surface area contributed by atoms with Crippen LogP contribution in [-0.4, -0.2) is 49.9 Å². The van der Waals surface area contributed by atoms with E-state index in [1.165, 1.54) is 40.7 Å². The maximum atomic E-state index is 10.1. The van der Waals surface area contributed by atoms with Gasteiger partial charge in [0.05, 0.1) is 56.1 Å². The van der Waals surface area contributed by atoms with Crippen LogP contribution in [0.15, 0.2) is 65.7 Å². The van der Waals surface area contributed by atoms with Crippen molar-refractivity contribution in [3.05, 3.63) is 76.7 Å². The van der Waals surface area contributed by atoms with Crippen molar-refractivity contribution < 1.29 is 14.8 Å². The number of aliphatic imine (C=N–C) groups is 1. The normalized spacial score (nSPS) is 15.4. The highest BCUT2D eigenvalue weighted by atomic mass is 32.1. The van der Waals surface area contributed by atoms with Gasteiger partial charge in [-0.1, -0.05) is 42.5 Å². The summed E-state index contributed by atoms with van der Waals surface area (Å²) in [5.41, 5.74) is 3.60. The number of likely N-dealkylation sites (N-methyl/N-ethyl adjacent to an activating group) is 1. The second-order valence-corrected chi connectivity index (χ2v) is 9.03. The van der Waals surface area contributed by atoms with Crippen LogP contribution in [0.2, 0.25) is 0 Å². The Bertz CT molecular complexity index is 1090. The third-order valence-electron chi connectivity index (χ3n) is 5.40. The summed E-state index contributed by atoms with van der Waals surface area (Å²) in [5.74, 6) is -0.0000926. The molecule has 3 aromatic rings. The van der Waals surface area contributed by atoms with Gasteiger partial charge in [-0.05, 0) is 30.7 Å². The molecule has 0 atom stereocenters. The molecule has 0 amide bonds. The van der Waals surface area contributed by atoms with E-state index < -0.39 is 5.97 Å². The molecule has 0 aliphatic carbocycles. The number of nitrogens with one attached hydrogen (secondary N) is 2. The van der Waals surface area contributed by atoms with Crippen molar-refractivity contribution in [3.63, 3.8) is 0 Å². The zero-order valence-corrected chi connectivity index (χ0v) is 18.5. The van der Waals surface area contributed by atoms with Crippen molar-refractivity contribution in [1.29, 1.82) is 0 Å². The smallest absolute Gasteiger partial charge is 0.140 e. The zero-order valence-electron chi connectivity index (χ0n) is 17.7. The summed E-state index contributed by atoms with van der Waals surface area (Å²) in [4.78, 5) is 20.5. The van der Waals surface area contributed by atoms with Crippen molar-refractivity contribution >= 4 is 39.5 Å². The molecule has 2 aromatic carbocycles. The second kappa shape index (κ2) is 9.32. The summed E-state index contributed by atoms with van der Waals surface area (Å²) in [6, 6.07) is 18.6. The molecule has 31 heavy (non-hydrogen) atoms. The van der Waals surface area contributed by atoms with Crippen LogP contribution in [-0.2, 0) is 0 Å². The van der Waals surface area contributed by atoms with Gasteiger partial charge >= 0.3 is 0 Å². The fourth-order valence-corrected chi connectivity index (χ4v) is 4.58. The van der Waals surface area contributed by atoms with Crippen LogP contribution in [0.25, 0.3) is 0 Å². The first-order valence-electron chi connectivity index (χ1n) is 10.4. The van der Waals surface area contributed by atoms with Gasteiger partial charge in [-0.2, -0.15) is 0 Å². The number of carboxylic acids is 1. The molecule has 0 saturated carbocycles. The van der Waals surface area contributed by atoms with Gasteiger partial charge in [0, 0.05) is 4.88 Å². The fraction of sp³-hybridized carbons (Fsp3) is 0.250. The van der Waals surface area contributed by atoms with Crippen LogP contribution in [0.3, 0.4) is 0 Å². The number of piperazine rings is 1. The van der Waals surface area contributed by atoms with Crippen LogP contribution >= 0.6 is 11.3 Å². The van der Waals surface area contributed by atoms with Gasteiger partial charge < -0.3 is 25.0 Å². The first kappa shape index (κ1) is 21.1. The number of thiophene rings is 1. The number of nitrogens with zero attached hydrogens (tertiary/aromatic N) is 2. The first-order valence-corrected chi connectivity index (χ1v) is 11.2. The van der Waals surface area contributed by atoms with Crippen LogP contribution in [0.4, 0.5) is 16.4 Å². The number of carboxylic acid groups (broad SMARTS) is 1. The minimum atomic E-state index is -1.13. The Morgan fingerprint density at radius 1 is 1.10 bits per heavy atom. The molecule has 2 aliphatic heterocycles. The predicted octanol–water partition coefficient (Wildman–Crippen LogP) is 2.07. The Labute approximate surface area is 186 Å². The number of rotatable bonds is 1. The summed E-state index contributed by atoms with van der Waals surface area (Å²) in [6.45, 7) is 6.65. The summed E-state index contributed by atoms with van der Waals surface area (Å²) in [6.07, 6.45) is 0. The number of aryl methyl sites for hydroxylation is 1. The van der Waals surface area contributed by atoms with Crippen molar-refractivity contribution in [2.75, 3.05) is 38.5 Å². The summed E-state index contributed by atoms with van der Waals surface area (Å²) < 4.78 is 0. The third kappa shape index (κ3) is 4.95. The highest BCUT2D eigenvalue weighted by Gasteiger charge is 2.26. The molecule has 2 aliphatic rings. The van der Waals surface area contributed by atoms with Gasteiger partial charge in [0.1, 0.15) is 10.8 Å². The van der Waals surface area contributed by atoms with Crippen LogP contribution in [0.1, 0.15) is 20.8 Å². The maximum absolute atomic E-state index is 10.1. The number of anilines is 2. The number of para-hydroxylation sites is 2. The molecule has 0 radical (unpaired) electrons. The number of carbonyl (C=O) groups is 1. The Morgan fingerprint density at radius 3 is 2.45 bits per heavy atom. The van der Waals surface area contributed by atoms with E-state index in [4.69, 9.17) is 4.99 Å². The summed E-state index contributed by atoms with van der Waals surface area (Å²) >= 11 is 1.81. The minimum Gasteiger partial charge on any atom is -0.545 e. The number of carbonyl (C=O) groups excluding carboxylic acids is 1. The third-order valence-corrected chi connectivity index (χ3v) is 6.37. The van der Waals surface area contributed by atoms with Gasteiger partial charge in [0.25, 0.3) is 0 Å². The highest BCUT2D eigenvalue weighted by Crippen LogP contribution is 2.38. The predicted molar refractivity (Wildman–Crippen MR) is 124 cm³/mol. The molecule has 1 saturated heterocycles. The van der Waals surface area contributed by atoms with Gasteiger partial charge in [0.2, 0.25) is 0 Å². The summed E-state index contributed by atoms with van der Waals surface area (Å²) in [7, 11) is 2.27. The molecule has 2 N–H and O–H groups in total. The van der Waals surface area contributed by atoms with Crippen LogP contribution in [0.5, 0.6) is 0 Å². The largest absolute Gasteiger partial charge is 0.545 e. The van der Waals surface area contributed by atoms with E-state index in [9.17, 15) is 9.90 Å². The van der Waals surface area contributed by atoms with E-state index in [-0.39, 0.29) is 5.56 Å². The molecular formula is C24H26N4O2S. The van der Waals surface area contributed by atoms with Crippen molar-refractivity contribution in [3.8, 4) is 0 Å². The minimum absolute atomic E-state index is 0.220. The van der Waals surface area contributed by atoms with E-state index in [1.54, 1.807) is 23.1 Å². The molecule has 1 fully saturated rings. The van der Waals surface area contributed by atoms with Crippen LogP contribution in [0, 0.1) is 6.92 Å². The first-order chi connectivity index (χ1) is 15.0.